The summed E-state index contributed by atoms with van der Waals surface area (Å²) in [7, 11) is 0. The van der Waals surface area contributed by atoms with Gasteiger partial charge in [-0.25, -0.2) is 0 Å². The monoisotopic (exact) mass is 362 g/mol. The van der Waals surface area contributed by atoms with Gasteiger partial charge in [0.15, 0.2) is 0 Å². The van der Waals surface area contributed by atoms with Gasteiger partial charge in [-0.1, -0.05) is 44.2 Å². The van der Waals surface area contributed by atoms with Gasteiger partial charge in [0.2, 0.25) is 0 Å². The van der Waals surface area contributed by atoms with Gasteiger partial charge < -0.3 is 15.0 Å². The molecule has 1 aromatic heterocycles. The lowest BCUT2D eigenvalue weighted by molar-refractivity contribution is 0.307. The Morgan fingerprint density at radius 1 is 1.00 bits per heavy atom. The standard InChI is InChI=1S/C24H30N2O/c1-17(2)19-9-3-4-11-23(19)27-16-6-8-18-7-5-10-22-24(18)20-12-14-25-15-13-21(20)26-22/h3-5,7,9-11,17,25-26H,6,8,12-16H2,1-2H3. The zero-order valence-electron chi connectivity index (χ0n) is 16.5. The van der Waals surface area contributed by atoms with E-state index >= 15 is 0 Å². The molecule has 4 rings (SSSR count). The maximum Gasteiger partial charge on any atom is 0.122 e. The van der Waals surface area contributed by atoms with Gasteiger partial charge >= 0.3 is 0 Å². The normalized spacial score (nSPS) is 14.3. The second-order valence-corrected chi connectivity index (χ2v) is 7.82. The van der Waals surface area contributed by atoms with Crippen molar-refractivity contribution in [3.8, 4) is 5.75 Å². The first-order valence-corrected chi connectivity index (χ1v) is 10.3. The Balaban J connectivity index is 1.46. The van der Waals surface area contributed by atoms with Gasteiger partial charge in [0, 0.05) is 29.6 Å². The van der Waals surface area contributed by atoms with Crippen LogP contribution in [0.15, 0.2) is 42.5 Å². The van der Waals surface area contributed by atoms with E-state index in [0.717, 1.165) is 51.1 Å². The molecule has 0 aliphatic carbocycles. The Morgan fingerprint density at radius 3 is 2.74 bits per heavy atom. The Bertz CT molecular complexity index is 910. The summed E-state index contributed by atoms with van der Waals surface area (Å²) < 4.78 is 6.13. The molecule has 3 nitrogen and oxygen atoms in total. The number of aromatic nitrogens is 1. The van der Waals surface area contributed by atoms with Crippen LogP contribution in [0, 0.1) is 0 Å². The fourth-order valence-corrected chi connectivity index (χ4v) is 4.23. The number of hydrogen-bond donors (Lipinski definition) is 2. The second kappa shape index (κ2) is 8.18. The minimum atomic E-state index is 0.485. The molecule has 1 aliphatic rings. The highest BCUT2D eigenvalue weighted by Crippen LogP contribution is 2.29. The summed E-state index contributed by atoms with van der Waals surface area (Å²) >= 11 is 0. The van der Waals surface area contributed by atoms with E-state index < -0.39 is 0 Å². The molecule has 0 saturated carbocycles. The third kappa shape index (κ3) is 3.89. The maximum absolute atomic E-state index is 6.13. The Labute approximate surface area is 162 Å². The van der Waals surface area contributed by atoms with Gasteiger partial charge in [0.05, 0.1) is 6.61 Å². The third-order valence-corrected chi connectivity index (χ3v) is 5.59. The van der Waals surface area contributed by atoms with Crippen molar-refractivity contribution in [2.75, 3.05) is 19.7 Å². The number of ether oxygens (including phenoxy) is 1. The average molecular weight is 363 g/mol. The molecule has 0 amide bonds. The number of benzene rings is 2. The molecular weight excluding hydrogens is 332 g/mol. The number of para-hydroxylation sites is 1. The smallest absolute Gasteiger partial charge is 0.122 e. The molecule has 3 aromatic rings. The molecule has 27 heavy (non-hydrogen) atoms. The first-order valence-electron chi connectivity index (χ1n) is 10.3. The Kier molecular flexibility index (Phi) is 5.49. The number of nitrogens with one attached hydrogen (secondary N) is 2. The van der Waals surface area contributed by atoms with Crippen LogP contribution in [0.3, 0.4) is 0 Å². The number of H-pyrrole nitrogens is 1. The summed E-state index contributed by atoms with van der Waals surface area (Å²) in [6.07, 6.45) is 4.30. The molecule has 0 spiro atoms. The van der Waals surface area contributed by atoms with Crippen molar-refractivity contribution in [1.29, 1.82) is 0 Å². The first-order chi connectivity index (χ1) is 13.2. The zero-order chi connectivity index (χ0) is 18.6. The van der Waals surface area contributed by atoms with Crippen molar-refractivity contribution in [1.82, 2.24) is 10.3 Å². The molecular formula is C24H30N2O. The number of fused-ring (bicyclic) bond motifs is 3. The van der Waals surface area contributed by atoms with E-state index in [1.54, 1.807) is 0 Å². The van der Waals surface area contributed by atoms with E-state index in [-0.39, 0.29) is 0 Å². The van der Waals surface area contributed by atoms with E-state index in [1.807, 2.05) is 0 Å². The maximum atomic E-state index is 6.13. The molecule has 0 bridgehead atoms. The molecule has 0 saturated heterocycles. The molecule has 2 N–H and O–H groups in total. The predicted octanol–water partition coefficient (Wildman–Crippen LogP) is 4.99. The number of aromatic amines is 1. The van der Waals surface area contributed by atoms with Crippen molar-refractivity contribution in [3.63, 3.8) is 0 Å². The van der Waals surface area contributed by atoms with Gasteiger partial charge in [0.1, 0.15) is 5.75 Å². The predicted molar refractivity (Wildman–Crippen MR) is 113 cm³/mol. The molecule has 0 fully saturated rings. The largest absolute Gasteiger partial charge is 0.493 e. The van der Waals surface area contributed by atoms with Crippen LogP contribution in [0.25, 0.3) is 10.9 Å². The SMILES string of the molecule is CC(C)c1ccccc1OCCCc1cccc2[nH]c3c(c12)CCNCC3. The van der Waals surface area contributed by atoms with E-state index in [4.69, 9.17) is 4.74 Å². The Morgan fingerprint density at radius 2 is 1.85 bits per heavy atom. The fourth-order valence-electron chi connectivity index (χ4n) is 4.23. The van der Waals surface area contributed by atoms with Gasteiger partial charge in [-0.3, -0.25) is 0 Å². The highest BCUT2D eigenvalue weighted by Gasteiger charge is 2.16. The molecule has 0 radical (unpaired) electrons. The Hall–Kier alpha value is -2.26. The molecule has 1 aliphatic heterocycles. The molecule has 142 valence electrons. The lowest BCUT2D eigenvalue weighted by Gasteiger charge is -2.14. The van der Waals surface area contributed by atoms with Gasteiger partial charge in [-0.2, -0.15) is 0 Å². The van der Waals surface area contributed by atoms with Gasteiger partial charge in [0.25, 0.3) is 0 Å². The lowest BCUT2D eigenvalue weighted by atomic mass is 9.99. The van der Waals surface area contributed by atoms with Crippen LogP contribution < -0.4 is 10.1 Å². The van der Waals surface area contributed by atoms with E-state index in [9.17, 15) is 0 Å². The summed E-state index contributed by atoms with van der Waals surface area (Å²) in [5.41, 5.74) is 6.99. The van der Waals surface area contributed by atoms with Crippen LogP contribution in [0.2, 0.25) is 0 Å². The average Bonchev–Trinajstić information content (AvgIpc) is 2.87. The van der Waals surface area contributed by atoms with Crippen molar-refractivity contribution in [2.24, 2.45) is 0 Å². The van der Waals surface area contributed by atoms with Crippen LogP contribution >= 0.6 is 0 Å². The zero-order valence-corrected chi connectivity index (χ0v) is 16.5. The lowest BCUT2D eigenvalue weighted by Crippen LogP contribution is -2.16. The van der Waals surface area contributed by atoms with Crippen molar-refractivity contribution >= 4 is 10.9 Å². The fraction of sp³-hybridized carbons (Fsp3) is 0.417. The summed E-state index contributed by atoms with van der Waals surface area (Å²) in [5.74, 6) is 1.52. The van der Waals surface area contributed by atoms with Crippen LogP contribution in [0.5, 0.6) is 5.75 Å². The third-order valence-electron chi connectivity index (χ3n) is 5.59. The summed E-state index contributed by atoms with van der Waals surface area (Å²) in [5, 5.41) is 4.97. The molecule has 0 unspecified atom stereocenters. The van der Waals surface area contributed by atoms with E-state index in [2.05, 4.69) is 66.6 Å². The summed E-state index contributed by atoms with van der Waals surface area (Å²) in [6, 6.07) is 15.1. The molecule has 3 heteroatoms. The summed E-state index contributed by atoms with van der Waals surface area (Å²) in [4.78, 5) is 3.66. The second-order valence-electron chi connectivity index (χ2n) is 7.82. The van der Waals surface area contributed by atoms with Crippen molar-refractivity contribution in [2.45, 2.75) is 45.4 Å². The molecule has 0 atom stereocenters. The van der Waals surface area contributed by atoms with Crippen LogP contribution in [-0.4, -0.2) is 24.7 Å². The molecule has 2 aromatic carbocycles. The van der Waals surface area contributed by atoms with Gasteiger partial charge in [-0.15, -0.1) is 0 Å². The van der Waals surface area contributed by atoms with E-state index in [0.29, 0.717) is 5.92 Å². The van der Waals surface area contributed by atoms with Crippen molar-refractivity contribution in [3.05, 3.63) is 64.8 Å². The highest BCUT2D eigenvalue weighted by atomic mass is 16.5. The number of aryl methyl sites for hydroxylation is 1. The van der Waals surface area contributed by atoms with Crippen LogP contribution in [0.1, 0.15) is 48.6 Å². The minimum Gasteiger partial charge on any atom is -0.493 e. The number of rotatable bonds is 6. The topological polar surface area (TPSA) is 37.0 Å². The van der Waals surface area contributed by atoms with Gasteiger partial charge in [-0.05, 0) is 60.5 Å². The highest BCUT2D eigenvalue weighted by molar-refractivity contribution is 5.88. The summed E-state index contributed by atoms with van der Waals surface area (Å²) in [6.45, 7) is 7.33. The van der Waals surface area contributed by atoms with Crippen LogP contribution in [0.4, 0.5) is 0 Å². The van der Waals surface area contributed by atoms with Crippen LogP contribution in [-0.2, 0) is 19.3 Å². The number of hydrogen-bond acceptors (Lipinski definition) is 2. The minimum absolute atomic E-state index is 0.485. The van der Waals surface area contributed by atoms with E-state index in [1.165, 1.54) is 33.3 Å². The molecule has 2 heterocycles. The quantitative estimate of drug-likeness (QED) is 0.606. The first kappa shape index (κ1) is 18.1. The van der Waals surface area contributed by atoms with Crippen molar-refractivity contribution < 1.29 is 4.74 Å².